The molecule has 2 nitrogen and oxygen atoms in total. The SMILES string of the molecule is CCC(C)CC(NC)C1(N(C)C)CCCCCC1. The molecular formula is C16H34N2. The van der Waals surface area contributed by atoms with Gasteiger partial charge in [-0.1, -0.05) is 46.0 Å². The van der Waals surface area contributed by atoms with E-state index in [0.29, 0.717) is 11.6 Å². The van der Waals surface area contributed by atoms with Crippen molar-refractivity contribution in [1.82, 2.24) is 10.2 Å². The molecule has 0 aromatic carbocycles. The van der Waals surface area contributed by atoms with Gasteiger partial charge in [0.2, 0.25) is 0 Å². The Kier molecular flexibility index (Phi) is 6.65. The summed E-state index contributed by atoms with van der Waals surface area (Å²) in [7, 11) is 6.72. The first kappa shape index (κ1) is 16.0. The molecule has 0 aromatic rings. The molecule has 2 atom stereocenters. The summed E-state index contributed by atoms with van der Waals surface area (Å²) >= 11 is 0. The van der Waals surface area contributed by atoms with Gasteiger partial charge >= 0.3 is 0 Å². The minimum absolute atomic E-state index is 0.384. The summed E-state index contributed by atoms with van der Waals surface area (Å²) in [4.78, 5) is 2.52. The van der Waals surface area contributed by atoms with Crippen LogP contribution >= 0.6 is 0 Å². The fourth-order valence-electron chi connectivity index (χ4n) is 3.62. The number of nitrogens with zero attached hydrogens (tertiary/aromatic N) is 1. The molecule has 1 fully saturated rings. The van der Waals surface area contributed by atoms with E-state index in [1.54, 1.807) is 0 Å². The first-order valence-corrected chi connectivity index (χ1v) is 7.91. The first-order chi connectivity index (χ1) is 8.56. The van der Waals surface area contributed by atoms with Gasteiger partial charge in [-0.3, -0.25) is 0 Å². The molecule has 0 heterocycles. The van der Waals surface area contributed by atoms with Crippen LogP contribution in [0.2, 0.25) is 0 Å². The molecule has 0 amide bonds. The van der Waals surface area contributed by atoms with E-state index >= 15 is 0 Å². The molecule has 0 aliphatic heterocycles. The van der Waals surface area contributed by atoms with Crippen molar-refractivity contribution < 1.29 is 0 Å². The Bertz CT molecular complexity index is 217. The van der Waals surface area contributed by atoms with Gasteiger partial charge in [-0.2, -0.15) is 0 Å². The van der Waals surface area contributed by atoms with Crippen LogP contribution in [0.5, 0.6) is 0 Å². The third-order valence-corrected chi connectivity index (χ3v) is 5.19. The van der Waals surface area contributed by atoms with Gasteiger partial charge < -0.3 is 10.2 Å². The predicted molar refractivity (Wildman–Crippen MR) is 81.0 cm³/mol. The second kappa shape index (κ2) is 7.49. The van der Waals surface area contributed by atoms with Gasteiger partial charge in [0.25, 0.3) is 0 Å². The highest BCUT2D eigenvalue weighted by molar-refractivity contribution is 4.99. The minimum atomic E-state index is 0.384. The molecular weight excluding hydrogens is 220 g/mol. The van der Waals surface area contributed by atoms with Crippen molar-refractivity contribution in [1.29, 1.82) is 0 Å². The van der Waals surface area contributed by atoms with E-state index in [0.717, 1.165) is 5.92 Å². The van der Waals surface area contributed by atoms with Crippen molar-refractivity contribution >= 4 is 0 Å². The Morgan fingerprint density at radius 1 is 1.11 bits per heavy atom. The maximum atomic E-state index is 3.65. The molecule has 1 rings (SSSR count). The summed E-state index contributed by atoms with van der Waals surface area (Å²) in [5, 5.41) is 3.65. The highest BCUT2D eigenvalue weighted by Crippen LogP contribution is 2.36. The Balaban J connectivity index is 2.84. The third-order valence-electron chi connectivity index (χ3n) is 5.19. The van der Waals surface area contributed by atoms with E-state index < -0.39 is 0 Å². The zero-order valence-electron chi connectivity index (χ0n) is 13.3. The topological polar surface area (TPSA) is 15.3 Å². The monoisotopic (exact) mass is 254 g/mol. The lowest BCUT2D eigenvalue weighted by Gasteiger charge is -2.46. The molecule has 1 aliphatic rings. The molecule has 0 spiro atoms. The van der Waals surface area contributed by atoms with Crippen molar-refractivity contribution in [2.24, 2.45) is 5.92 Å². The lowest BCUT2D eigenvalue weighted by molar-refractivity contribution is 0.0726. The first-order valence-electron chi connectivity index (χ1n) is 7.91. The molecule has 0 aromatic heterocycles. The van der Waals surface area contributed by atoms with E-state index in [2.05, 4.69) is 45.2 Å². The van der Waals surface area contributed by atoms with Crippen LogP contribution in [-0.2, 0) is 0 Å². The van der Waals surface area contributed by atoms with E-state index in [9.17, 15) is 0 Å². The summed E-state index contributed by atoms with van der Waals surface area (Å²) in [6, 6.07) is 0.639. The van der Waals surface area contributed by atoms with Gasteiger partial charge in [0, 0.05) is 11.6 Å². The minimum Gasteiger partial charge on any atom is -0.315 e. The van der Waals surface area contributed by atoms with Crippen LogP contribution < -0.4 is 5.32 Å². The smallest absolute Gasteiger partial charge is 0.0356 e. The Morgan fingerprint density at radius 2 is 1.67 bits per heavy atom. The molecule has 1 aliphatic carbocycles. The average Bonchev–Trinajstić information content (AvgIpc) is 2.62. The van der Waals surface area contributed by atoms with Crippen LogP contribution in [0.4, 0.5) is 0 Å². The fraction of sp³-hybridized carbons (Fsp3) is 1.00. The Labute approximate surface area is 115 Å². The molecule has 108 valence electrons. The molecule has 1 saturated carbocycles. The van der Waals surface area contributed by atoms with Crippen molar-refractivity contribution in [3.8, 4) is 0 Å². The van der Waals surface area contributed by atoms with Gasteiger partial charge in [-0.15, -0.1) is 0 Å². The van der Waals surface area contributed by atoms with Crippen molar-refractivity contribution in [2.45, 2.75) is 76.8 Å². The number of nitrogens with one attached hydrogen (secondary N) is 1. The molecule has 18 heavy (non-hydrogen) atoms. The molecule has 2 unspecified atom stereocenters. The second-order valence-corrected chi connectivity index (χ2v) is 6.50. The lowest BCUT2D eigenvalue weighted by atomic mass is 9.77. The summed E-state index contributed by atoms with van der Waals surface area (Å²) in [5.41, 5.74) is 0.384. The summed E-state index contributed by atoms with van der Waals surface area (Å²) in [6.45, 7) is 4.71. The van der Waals surface area contributed by atoms with Crippen LogP contribution in [-0.4, -0.2) is 37.6 Å². The second-order valence-electron chi connectivity index (χ2n) is 6.50. The van der Waals surface area contributed by atoms with Crippen LogP contribution in [0.25, 0.3) is 0 Å². The van der Waals surface area contributed by atoms with Crippen LogP contribution in [0.1, 0.15) is 65.2 Å². The third kappa shape index (κ3) is 3.71. The highest BCUT2D eigenvalue weighted by atomic mass is 15.2. The number of hydrogen-bond acceptors (Lipinski definition) is 2. The molecule has 0 bridgehead atoms. The maximum Gasteiger partial charge on any atom is 0.0356 e. The van der Waals surface area contributed by atoms with Gasteiger partial charge in [-0.25, -0.2) is 0 Å². The van der Waals surface area contributed by atoms with Crippen LogP contribution in [0.15, 0.2) is 0 Å². The van der Waals surface area contributed by atoms with E-state index in [4.69, 9.17) is 0 Å². The van der Waals surface area contributed by atoms with Gasteiger partial charge in [0.05, 0.1) is 0 Å². The molecule has 2 heteroatoms. The molecule has 1 N–H and O–H groups in total. The standard InChI is InChI=1S/C16H34N2/c1-6-14(2)13-15(17-3)16(18(4)5)11-9-7-8-10-12-16/h14-15,17H,6-13H2,1-5H3. The normalized spacial score (nSPS) is 23.7. The highest BCUT2D eigenvalue weighted by Gasteiger charge is 2.40. The van der Waals surface area contributed by atoms with Gasteiger partial charge in [0.15, 0.2) is 0 Å². The largest absolute Gasteiger partial charge is 0.315 e. The summed E-state index contributed by atoms with van der Waals surface area (Å²) in [6.07, 6.45) is 11.0. The van der Waals surface area contributed by atoms with Crippen LogP contribution in [0.3, 0.4) is 0 Å². The zero-order valence-corrected chi connectivity index (χ0v) is 13.3. The molecule has 0 radical (unpaired) electrons. The van der Waals surface area contributed by atoms with Crippen molar-refractivity contribution in [2.75, 3.05) is 21.1 Å². The summed E-state index contributed by atoms with van der Waals surface area (Å²) < 4.78 is 0. The maximum absolute atomic E-state index is 3.65. The number of rotatable bonds is 6. The molecule has 0 saturated heterocycles. The quantitative estimate of drug-likeness (QED) is 0.728. The van der Waals surface area contributed by atoms with Gasteiger partial charge in [-0.05, 0) is 46.3 Å². The van der Waals surface area contributed by atoms with E-state index in [1.807, 2.05) is 0 Å². The average molecular weight is 254 g/mol. The lowest BCUT2D eigenvalue weighted by Crippen LogP contribution is -2.58. The van der Waals surface area contributed by atoms with Gasteiger partial charge in [0.1, 0.15) is 0 Å². The van der Waals surface area contributed by atoms with Crippen LogP contribution in [0, 0.1) is 5.92 Å². The van der Waals surface area contributed by atoms with E-state index in [-0.39, 0.29) is 0 Å². The number of hydrogen-bond donors (Lipinski definition) is 1. The fourth-order valence-corrected chi connectivity index (χ4v) is 3.62. The Hall–Kier alpha value is -0.0800. The number of likely N-dealkylation sites (N-methyl/N-ethyl adjacent to an activating group) is 2. The Morgan fingerprint density at radius 3 is 2.06 bits per heavy atom. The van der Waals surface area contributed by atoms with Crippen molar-refractivity contribution in [3.63, 3.8) is 0 Å². The zero-order chi connectivity index (χ0) is 13.6. The predicted octanol–water partition coefficient (Wildman–Crippen LogP) is 3.67. The van der Waals surface area contributed by atoms with E-state index in [1.165, 1.54) is 51.4 Å². The summed E-state index contributed by atoms with van der Waals surface area (Å²) in [5.74, 6) is 0.822. The van der Waals surface area contributed by atoms with Crippen molar-refractivity contribution in [3.05, 3.63) is 0 Å².